The molecular weight excluding hydrogens is 849 g/mol. The molecule has 4 aromatic heterocycles. The molecule has 70 heavy (non-hydrogen) atoms. The van der Waals surface area contributed by atoms with E-state index in [9.17, 15) is 0 Å². The quantitative estimate of drug-likeness (QED) is 0.158. The zero-order valence-electron chi connectivity index (χ0n) is 39.9. The van der Waals surface area contributed by atoms with E-state index in [2.05, 4.69) is 277 Å². The molecule has 0 saturated carbocycles. The zero-order chi connectivity index (χ0) is 47.0. The van der Waals surface area contributed by atoms with Crippen molar-refractivity contribution in [3.8, 4) is 22.7 Å². The number of para-hydroxylation sites is 6. The van der Waals surface area contributed by atoms with Gasteiger partial charge >= 0.3 is 0 Å². The average Bonchev–Trinajstić information content (AvgIpc) is 4.11. The Kier molecular flexibility index (Phi) is 9.84. The van der Waals surface area contributed by atoms with Gasteiger partial charge in [-0.25, -0.2) is 0 Å². The molecule has 4 heteroatoms. The van der Waals surface area contributed by atoms with Gasteiger partial charge in [-0.15, -0.1) is 0 Å². The molecule has 0 radical (unpaired) electrons. The number of aromatic nitrogens is 4. The second kappa shape index (κ2) is 16.6. The third kappa shape index (κ3) is 6.58. The summed E-state index contributed by atoms with van der Waals surface area (Å²) in [4.78, 5) is 0. The summed E-state index contributed by atoms with van der Waals surface area (Å²) in [7, 11) is 0. The van der Waals surface area contributed by atoms with Crippen molar-refractivity contribution < 1.29 is 0 Å². The van der Waals surface area contributed by atoms with Crippen molar-refractivity contribution in [2.24, 2.45) is 11.8 Å². The first-order valence-electron chi connectivity index (χ1n) is 24.7. The highest BCUT2D eigenvalue weighted by molar-refractivity contribution is 6.14. The van der Waals surface area contributed by atoms with E-state index in [4.69, 9.17) is 0 Å². The largest absolute Gasteiger partial charge is 0.309 e. The smallest absolute Gasteiger partial charge is 0.0547 e. The molecule has 4 nitrogen and oxygen atoms in total. The van der Waals surface area contributed by atoms with Crippen molar-refractivity contribution in [3.63, 3.8) is 0 Å². The molecule has 0 amide bonds. The molecule has 0 spiro atoms. The number of hydrogen-bond donors (Lipinski definition) is 0. The van der Waals surface area contributed by atoms with E-state index in [0.717, 1.165) is 33.8 Å². The van der Waals surface area contributed by atoms with Crippen LogP contribution in [0.1, 0.15) is 27.7 Å². The molecule has 9 aromatic carbocycles. The SMILES string of the molecule is CC(C)/C=c1\ccc2c(/c(=C/C(C)C)ccc3c1c1ccccc1n3-c1ccc3c(c1)c1ccccc1n3-c1ccccc1)c1ccccc1n2-c1ccc2c(c1)c1ccccc1n2-c1ccccc1. The van der Waals surface area contributed by atoms with Gasteiger partial charge in [-0.2, -0.15) is 0 Å². The van der Waals surface area contributed by atoms with Crippen molar-refractivity contribution in [3.05, 3.63) is 229 Å². The van der Waals surface area contributed by atoms with Gasteiger partial charge in [0.15, 0.2) is 0 Å². The van der Waals surface area contributed by atoms with Gasteiger partial charge in [0, 0.05) is 65.8 Å². The number of nitrogens with zero attached hydrogens (tertiary/aromatic N) is 4. The van der Waals surface area contributed by atoms with Crippen LogP contribution in [-0.4, -0.2) is 18.3 Å². The summed E-state index contributed by atoms with van der Waals surface area (Å²) in [5.41, 5.74) is 14.0. The van der Waals surface area contributed by atoms with Crippen molar-refractivity contribution in [1.29, 1.82) is 0 Å². The Balaban J connectivity index is 1.14. The summed E-state index contributed by atoms with van der Waals surface area (Å²) < 4.78 is 9.79. The van der Waals surface area contributed by atoms with Gasteiger partial charge in [-0.3, -0.25) is 0 Å². The normalized spacial score (nSPS) is 12.7. The van der Waals surface area contributed by atoms with Crippen LogP contribution in [0, 0.1) is 11.8 Å². The lowest BCUT2D eigenvalue weighted by molar-refractivity contribution is 0.881. The topological polar surface area (TPSA) is 19.7 Å². The molecule has 0 N–H and O–H groups in total. The van der Waals surface area contributed by atoms with E-state index in [1.54, 1.807) is 0 Å². The fourth-order valence-electron chi connectivity index (χ4n) is 11.4. The Morgan fingerprint density at radius 1 is 0.257 bits per heavy atom. The predicted molar refractivity (Wildman–Crippen MR) is 299 cm³/mol. The van der Waals surface area contributed by atoms with Crippen molar-refractivity contribution in [1.82, 2.24) is 18.3 Å². The molecule has 0 aliphatic carbocycles. The Morgan fingerprint density at radius 3 is 0.943 bits per heavy atom. The minimum absolute atomic E-state index is 0.299. The number of benzene rings is 8. The molecule has 4 heterocycles. The molecule has 0 saturated heterocycles. The fraction of sp³-hybridized carbons (Fsp3) is 0.0909. The van der Waals surface area contributed by atoms with Gasteiger partial charge < -0.3 is 18.3 Å². The lowest BCUT2D eigenvalue weighted by atomic mass is 10.1. The van der Waals surface area contributed by atoms with Crippen LogP contribution in [-0.2, 0) is 0 Å². The van der Waals surface area contributed by atoms with Crippen LogP contribution in [0.2, 0.25) is 0 Å². The maximum absolute atomic E-state index is 2.50. The Bertz CT molecular complexity index is 4120. The molecule has 336 valence electrons. The first kappa shape index (κ1) is 41.6. The standard InChI is InChI=1S/C66H52N4/c1-43(2)39-45-31-35-64-66(54-26-14-18-30-60(54)70(64)50-34-38-62-56(42-50)52-24-12-16-28-58(52)68(62)48-21-9-6-10-22-48)46(40-44(3)4)32-36-63-65(45)53-25-13-17-29-59(53)69(63)49-33-37-61-55(41-49)51-23-11-15-27-57(51)67(61)47-19-7-5-8-20-47/h5-44H,1-4H3/b35-31?,36-32?,45-39+,46-40+. The fourth-order valence-corrected chi connectivity index (χ4v) is 11.4. The second-order valence-corrected chi connectivity index (χ2v) is 19.4. The van der Waals surface area contributed by atoms with E-state index in [-0.39, 0.29) is 0 Å². The molecule has 0 aliphatic heterocycles. The van der Waals surface area contributed by atoms with Crippen LogP contribution >= 0.6 is 0 Å². The first-order valence-corrected chi connectivity index (χ1v) is 24.7. The summed E-state index contributed by atoms with van der Waals surface area (Å²) in [6, 6.07) is 80.6. The molecule has 13 rings (SSSR count). The van der Waals surface area contributed by atoms with E-state index in [0.29, 0.717) is 11.8 Å². The summed E-state index contributed by atoms with van der Waals surface area (Å²) in [6.07, 6.45) is 4.89. The minimum Gasteiger partial charge on any atom is -0.309 e. The Hall–Kier alpha value is -8.60. The zero-order valence-corrected chi connectivity index (χ0v) is 39.9. The molecule has 0 aliphatic rings. The Labute approximate surface area is 406 Å². The van der Waals surface area contributed by atoms with Gasteiger partial charge in [0.2, 0.25) is 0 Å². The predicted octanol–water partition coefficient (Wildman–Crippen LogP) is 16.1. The molecule has 13 aromatic rings. The van der Waals surface area contributed by atoms with E-state index in [1.807, 2.05) is 0 Å². The van der Waals surface area contributed by atoms with Gasteiger partial charge in [0.05, 0.1) is 44.1 Å². The molecule has 0 atom stereocenters. The minimum atomic E-state index is 0.299. The van der Waals surface area contributed by atoms with E-state index < -0.39 is 0 Å². The van der Waals surface area contributed by atoms with Gasteiger partial charge in [-0.1, -0.05) is 161 Å². The van der Waals surface area contributed by atoms with Crippen molar-refractivity contribution in [2.75, 3.05) is 0 Å². The van der Waals surface area contributed by atoms with E-state index in [1.165, 1.54) is 86.6 Å². The van der Waals surface area contributed by atoms with Crippen molar-refractivity contribution >= 4 is 99.4 Å². The van der Waals surface area contributed by atoms with E-state index >= 15 is 0 Å². The average molecular weight is 901 g/mol. The number of rotatable bonds is 6. The van der Waals surface area contributed by atoms with Crippen LogP contribution < -0.4 is 10.4 Å². The third-order valence-corrected chi connectivity index (χ3v) is 14.1. The summed E-state index contributed by atoms with van der Waals surface area (Å²) >= 11 is 0. The molecule has 0 bridgehead atoms. The monoisotopic (exact) mass is 900 g/mol. The molecular formula is C66H52N4. The van der Waals surface area contributed by atoms with Crippen LogP contribution in [0.25, 0.3) is 122 Å². The highest BCUT2D eigenvalue weighted by atomic mass is 15.0. The lowest BCUT2D eigenvalue weighted by Crippen LogP contribution is -2.05. The lowest BCUT2D eigenvalue weighted by Gasteiger charge is -2.10. The van der Waals surface area contributed by atoms with Gasteiger partial charge in [0.1, 0.15) is 0 Å². The molecule has 0 fully saturated rings. The third-order valence-electron chi connectivity index (χ3n) is 14.1. The van der Waals surface area contributed by atoms with Crippen LogP contribution in [0.4, 0.5) is 0 Å². The maximum Gasteiger partial charge on any atom is 0.0547 e. The Morgan fingerprint density at radius 2 is 0.557 bits per heavy atom. The maximum atomic E-state index is 2.50. The van der Waals surface area contributed by atoms with Crippen LogP contribution in [0.15, 0.2) is 218 Å². The summed E-state index contributed by atoms with van der Waals surface area (Å²) in [5, 5.41) is 12.2. The van der Waals surface area contributed by atoms with Crippen LogP contribution in [0.3, 0.4) is 0 Å². The molecule has 0 unspecified atom stereocenters. The van der Waals surface area contributed by atoms with Crippen molar-refractivity contribution in [2.45, 2.75) is 27.7 Å². The second-order valence-electron chi connectivity index (χ2n) is 19.4. The summed E-state index contributed by atoms with van der Waals surface area (Å²) in [5.74, 6) is 0.598. The highest BCUT2D eigenvalue weighted by Crippen LogP contribution is 2.38. The number of hydrogen-bond acceptors (Lipinski definition) is 0. The highest BCUT2D eigenvalue weighted by Gasteiger charge is 2.19. The van der Waals surface area contributed by atoms with Gasteiger partial charge in [0.25, 0.3) is 0 Å². The number of fused-ring (bicyclic) bond motifs is 12. The first-order chi connectivity index (χ1) is 34.4. The summed E-state index contributed by atoms with van der Waals surface area (Å²) in [6.45, 7) is 9.16. The van der Waals surface area contributed by atoms with Gasteiger partial charge in [-0.05, 0) is 119 Å². The van der Waals surface area contributed by atoms with Crippen LogP contribution in [0.5, 0.6) is 0 Å².